The molecule has 24 heavy (non-hydrogen) atoms. The number of amides is 1. The molecule has 0 unspecified atom stereocenters. The molecule has 1 N–H and O–H groups in total. The first kappa shape index (κ1) is 15.0. The van der Waals surface area contributed by atoms with E-state index in [0.717, 1.165) is 34.1 Å². The molecule has 0 aromatic carbocycles. The van der Waals surface area contributed by atoms with Crippen LogP contribution in [0.15, 0.2) is 30.9 Å². The third kappa shape index (κ3) is 2.41. The molecule has 1 amide bonds. The lowest BCUT2D eigenvalue weighted by Gasteiger charge is -2.35. The number of imidazole rings is 1. The van der Waals surface area contributed by atoms with Gasteiger partial charge in [-0.2, -0.15) is 0 Å². The molecule has 0 saturated carbocycles. The number of aromatic nitrogens is 4. The summed E-state index contributed by atoms with van der Waals surface area (Å²) in [5.41, 5.74) is 3.83. The summed E-state index contributed by atoms with van der Waals surface area (Å²) in [6.45, 7) is 4.47. The highest BCUT2D eigenvalue weighted by Gasteiger charge is 2.35. The number of aryl methyl sites for hydroxylation is 2. The van der Waals surface area contributed by atoms with E-state index in [-0.39, 0.29) is 11.9 Å². The van der Waals surface area contributed by atoms with Crippen LogP contribution in [0.25, 0.3) is 0 Å². The van der Waals surface area contributed by atoms with E-state index in [1.807, 2.05) is 30.9 Å². The average molecular weight is 339 g/mol. The van der Waals surface area contributed by atoms with Gasteiger partial charge in [0.05, 0.1) is 22.7 Å². The van der Waals surface area contributed by atoms with Gasteiger partial charge in [-0.25, -0.2) is 9.97 Å². The van der Waals surface area contributed by atoms with Gasteiger partial charge in [-0.15, -0.1) is 11.3 Å². The molecule has 4 heterocycles. The smallest absolute Gasteiger partial charge is 0.266 e. The molecule has 0 spiro atoms. The van der Waals surface area contributed by atoms with Crippen molar-refractivity contribution in [1.29, 1.82) is 0 Å². The van der Waals surface area contributed by atoms with Crippen molar-refractivity contribution in [2.75, 3.05) is 6.54 Å². The number of fused-ring (bicyclic) bond motifs is 1. The van der Waals surface area contributed by atoms with Crippen LogP contribution in [0.1, 0.15) is 43.4 Å². The Kier molecular flexibility index (Phi) is 3.65. The normalized spacial score (nSPS) is 16.9. The Hall–Kier alpha value is -2.54. The molecule has 1 aliphatic heterocycles. The highest BCUT2D eigenvalue weighted by molar-refractivity contribution is 7.13. The number of H-pyrrole nitrogens is 1. The van der Waals surface area contributed by atoms with Crippen LogP contribution >= 0.6 is 11.3 Å². The van der Waals surface area contributed by atoms with Gasteiger partial charge >= 0.3 is 0 Å². The van der Waals surface area contributed by atoms with Gasteiger partial charge < -0.3 is 9.88 Å². The summed E-state index contributed by atoms with van der Waals surface area (Å²) in [7, 11) is 0. The number of aromatic amines is 1. The molecule has 3 aromatic heterocycles. The Morgan fingerprint density at radius 1 is 1.33 bits per heavy atom. The number of nitrogens with one attached hydrogen (secondary N) is 1. The van der Waals surface area contributed by atoms with E-state index < -0.39 is 0 Å². The highest BCUT2D eigenvalue weighted by atomic mass is 32.1. The molecule has 1 atom stereocenters. The number of carbonyl (C=O) groups is 1. The zero-order valence-electron chi connectivity index (χ0n) is 13.5. The van der Waals surface area contributed by atoms with Crippen LogP contribution < -0.4 is 0 Å². The summed E-state index contributed by atoms with van der Waals surface area (Å²) in [6, 6.07) is 3.69. The van der Waals surface area contributed by atoms with Crippen LogP contribution in [0.3, 0.4) is 0 Å². The lowest BCUT2D eigenvalue weighted by molar-refractivity contribution is 0.0694. The minimum Gasteiger partial charge on any atom is -0.348 e. The maximum atomic E-state index is 13.2. The van der Waals surface area contributed by atoms with Gasteiger partial charge in [0, 0.05) is 31.1 Å². The minimum absolute atomic E-state index is 0.0218. The molecule has 6 nitrogen and oxygen atoms in total. The van der Waals surface area contributed by atoms with E-state index in [0.29, 0.717) is 11.4 Å². The standard InChI is InChI=1S/C17H17N5OS/c1-10-16(24-11(2)21-10)17(23)22-8-5-13-14(20-9-19-13)15(22)12-3-6-18-7-4-12/h3-4,6-7,9,15H,5,8H2,1-2H3,(H,19,20)/t15-/m1/s1. The van der Waals surface area contributed by atoms with E-state index in [1.165, 1.54) is 11.3 Å². The first-order valence-corrected chi connectivity index (χ1v) is 8.64. The molecule has 4 rings (SSSR count). The molecular weight excluding hydrogens is 322 g/mol. The number of hydrogen-bond acceptors (Lipinski definition) is 5. The van der Waals surface area contributed by atoms with Gasteiger partial charge in [0.25, 0.3) is 5.91 Å². The number of thiazole rings is 1. The molecule has 3 aromatic rings. The van der Waals surface area contributed by atoms with Crippen molar-refractivity contribution in [3.63, 3.8) is 0 Å². The van der Waals surface area contributed by atoms with Gasteiger partial charge in [-0.1, -0.05) is 0 Å². The molecule has 0 fully saturated rings. The van der Waals surface area contributed by atoms with Crippen LogP contribution in [-0.2, 0) is 6.42 Å². The fourth-order valence-corrected chi connectivity index (χ4v) is 4.11. The molecule has 0 aliphatic carbocycles. The van der Waals surface area contributed by atoms with E-state index >= 15 is 0 Å². The van der Waals surface area contributed by atoms with Gasteiger partial charge in [-0.05, 0) is 31.5 Å². The second-order valence-electron chi connectivity index (χ2n) is 5.85. The van der Waals surface area contributed by atoms with E-state index in [2.05, 4.69) is 19.9 Å². The molecule has 7 heteroatoms. The predicted octanol–water partition coefficient (Wildman–Crippen LogP) is 2.67. The molecule has 0 bridgehead atoms. The summed E-state index contributed by atoms with van der Waals surface area (Å²) in [5, 5.41) is 0.911. The number of rotatable bonds is 2. The predicted molar refractivity (Wildman–Crippen MR) is 91.0 cm³/mol. The van der Waals surface area contributed by atoms with Crippen LogP contribution in [-0.4, -0.2) is 37.3 Å². The van der Waals surface area contributed by atoms with Crippen molar-refractivity contribution in [2.45, 2.75) is 26.3 Å². The van der Waals surface area contributed by atoms with Crippen LogP contribution in [0, 0.1) is 13.8 Å². The highest BCUT2D eigenvalue weighted by Crippen LogP contribution is 2.35. The molecule has 122 valence electrons. The summed E-state index contributed by atoms with van der Waals surface area (Å²) in [6.07, 6.45) is 5.98. The summed E-state index contributed by atoms with van der Waals surface area (Å²) >= 11 is 1.45. The van der Waals surface area contributed by atoms with Crippen molar-refractivity contribution in [3.8, 4) is 0 Å². The minimum atomic E-state index is -0.197. The zero-order chi connectivity index (χ0) is 16.7. The van der Waals surface area contributed by atoms with Crippen molar-refractivity contribution in [2.24, 2.45) is 0 Å². The van der Waals surface area contributed by atoms with Crippen LogP contribution in [0.2, 0.25) is 0 Å². The van der Waals surface area contributed by atoms with Crippen LogP contribution in [0.4, 0.5) is 0 Å². The SMILES string of the molecule is Cc1nc(C)c(C(=O)N2CCc3[nH]cnc3[C@H]2c2ccncc2)s1. The van der Waals surface area contributed by atoms with Gasteiger partial charge in [0.1, 0.15) is 10.9 Å². The number of hydrogen-bond donors (Lipinski definition) is 1. The Balaban J connectivity index is 1.79. The molecular formula is C17H17N5OS. The lowest BCUT2D eigenvalue weighted by Crippen LogP contribution is -2.40. The Morgan fingerprint density at radius 2 is 2.12 bits per heavy atom. The fraction of sp³-hybridized carbons (Fsp3) is 0.294. The number of nitrogens with zero attached hydrogens (tertiary/aromatic N) is 4. The fourth-order valence-electron chi connectivity index (χ4n) is 3.24. The van der Waals surface area contributed by atoms with E-state index in [4.69, 9.17) is 0 Å². The van der Waals surface area contributed by atoms with Gasteiger partial charge in [0.15, 0.2) is 0 Å². The third-order valence-corrected chi connectivity index (χ3v) is 5.37. The summed E-state index contributed by atoms with van der Waals surface area (Å²) in [5.74, 6) is 0.0218. The molecule has 0 radical (unpaired) electrons. The Labute approximate surface area is 143 Å². The number of carbonyl (C=O) groups excluding carboxylic acids is 1. The summed E-state index contributed by atoms with van der Waals surface area (Å²) < 4.78 is 0. The van der Waals surface area contributed by atoms with Crippen molar-refractivity contribution >= 4 is 17.2 Å². The monoisotopic (exact) mass is 339 g/mol. The largest absolute Gasteiger partial charge is 0.348 e. The first-order chi connectivity index (χ1) is 11.6. The van der Waals surface area contributed by atoms with Crippen molar-refractivity contribution in [3.05, 3.63) is 63.4 Å². The summed E-state index contributed by atoms with van der Waals surface area (Å²) in [4.78, 5) is 32.0. The maximum absolute atomic E-state index is 13.2. The molecule has 0 saturated heterocycles. The topological polar surface area (TPSA) is 74.8 Å². The second-order valence-corrected chi connectivity index (χ2v) is 7.05. The van der Waals surface area contributed by atoms with Crippen LogP contribution in [0.5, 0.6) is 0 Å². The third-order valence-electron chi connectivity index (χ3n) is 4.31. The molecule has 1 aliphatic rings. The quantitative estimate of drug-likeness (QED) is 0.779. The second kappa shape index (κ2) is 5.83. The first-order valence-electron chi connectivity index (χ1n) is 7.82. The van der Waals surface area contributed by atoms with Gasteiger partial charge in [-0.3, -0.25) is 9.78 Å². The van der Waals surface area contributed by atoms with Crippen molar-refractivity contribution < 1.29 is 4.79 Å². The number of pyridine rings is 1. The maximum Gasteiger partial charge on any atom is 0.266 e. The Bertz CT molecular complexity index is 886. The van der Waals surface area contributed by atoms with E-state index in [1.54, 1.807) is 18.7 Å². The van der Waals surface area contributed by atoms with Crippen molar-refractivity contribution in [1.82, 2.24) is 24.8 Å². The Morgan fingerprint density at radius 3 is 2.83 bits per heavy atom. The lowest BCUT2D eigenvalue weighted by atomic mass is 9.96. The zero-order valence-corrected chi connectivity index (χ0v) is 14.3. The van der Waals surface area contributed by atoms with Gasteiger partial charge in [0.2, 0.25) is 0 Å². The van der Waals surface area contributed by atoms with E-state index in [9.17, 15) is 4.79 Å². The average Bonchev–Trinajstić information content (AvgIpc) is 3.19.